The molecule has 3 heteroatoms. The van der Waals surface area contributed by atoms with Crippen LogP contribution in [0.25, 0.3) is 16.7 Å². The van der Waals surface area contributed by atoms with Crippen molar-refractivity contribution in [2.75, 3.05) is 0 Å². The van der Waals surface area contributed by atoms with Gasteiger partial charge < -0.3 is 4.74 Å². The monoisotopic (exact) mass is 370 g/mol. The summed E-state index contributed by atoms with van der Waals surface area (Å²) in [6, 6.07) is 27.1. The molecule has 0 aliphatic carbocycles. The zero-order valence-corrected chi connectivity index (χ0v) is 16.6. The molecule has 0 atom stereocenters. The summed E-state index contributed by atoms with van der Waals surface area (Å²) >= 11 is 0. The Balaban J connectivity index is 1.69. The van der Waals surface area contributed by atoms with Gasteiger partial charge in [-0.15, -0.1) is 0 Å². The van der Waals surface area contributed by atoms with Crippen molar-refractivity contribution < 1.29 is 9.53 Å². The van der Waals surface area contributed by atoms with Gasteiger partial charge in [-0.3, -0.25) is 0 Å². The number of ether oxygens (including phenoxy) is 1. The molecular formula is C24H22O2Si. The van der Waals surface area contributed by atoms with Crippen molar-refractivity contribution >= 4 is 24.8 Å². The molecule has 0 aromatic heterocycles. The fraction of sp³-hybridized carbons (Fsp3) is 0.125. The van der Waals surface area contributed by atoms with E-state index in [2.05, 4.69) is 67.3 Å². The minimum absolute atomic E-state index is 0.213. The summed E-state index contributed by atoms with van der Waals surface area (Å²) < 4.78 is 5.39. The fourth-order valence-corrected chi connectivity index (χ4v) is 5.73. The van der Waals surface area contributed by atoms with Crippen LogP contribution in [0.1, 0.15) is 11.1 Å². The van der Waals surface area contributed by atoms with Crippen LogP contribution in [0.15, 0.2) is 84.6 Å². The summed E-state index contributed by atoms with van der Waals surface area (Å²) in [7, 11) is -1.96. The first kappa shape index (κ1) is 17.5. The van der Waals surface area contributed by atoms with Crippen LogP contribution >= 0.6 is 0 Å². The Bertz CT molecular complexity index is 1000. The Hall–Kier alpha value is -2.91. The highest BCUT2D eigenvalue weighted by atomic mass is 28.3. The first-order valence-electron chi connectivity index (χ1n) is 9.19. The third kappa shape index (κ3) is 3.51. The number of hydrogen-bond donors (Lipinski definition) is 0. The van der Waals surface area contributed by atoms with Crippen molar-refractivity contribution in [1.82, 2.24) is 0 Å². The lowest BCUT2D eigenvalue weighted by Gasteiger charge is -2.24. The molecule has 0 amide bonds. The molecule has 0 bridgehead atoms. The topological polar surface area (TPSA) is 26.3 Å². The highest BCUT2D eigenvalue weighted by Gasteiger charge is 2.28. The quantitative estimate of drug-likeness (QED) is 0.370. The molecule has 0 fully saturated rings. The first-order chi connectivity index (χ1) is 13.0. The molecule has 0 radical (unpaired) electrons. The van der Waals surface area contributed by atoms with Gasteiger partial charge in [0.05, 0.1) is 5.57 Å². The molecule has 3 aromatic rings. The number of esters is 1. The van der Waals surface area contributed by atoms with Crippen LogP contribution in [0, 0.1) is 0 Å². The van der Waals surface area contributed by atoms with Gasteiger partial charge in [-0.25, -0.2) is 4.79 Å². The second-order valence-electron chi connectivity index (χ2n) is 7.46. The maximum atomic E-state index is 12.4. The van der Waals surface area contributed by atoms with E-state index in [0.29, 0.717) is 12.2 Å². The summed E-state index contributed by atoms with van der Waals surface area (Å²) in [5.74, 6) is -0.213. The second kappa shape index (κ2) is 7.01. The number of benzene rings is 3. The third-order valence-electron chi connectivity index (χ3n) is 5.13. The molecule has 0 unspecified atom stereocenters. The average molecular weight is 371 g/mol. The Kier molecular flexibility index (Phi) is 4.54. The van der Waals surface area contributed by atoms with Gasteiger partial charge in [0, 0.05) is 0 Å². The third-order valence-corrected chi connectivity index (χ3v) is 7.96. The van der Waals surface area contributed by atoms with E-state index in [1.807, 2.05) is 30.3 Å². The van der Waals surface area contributed by atoms with Gasteiger partial charge in [-0.05, 0) is 22.3 Å². The lowest BCUT2D eigenvalue weighted by atomic mass is 9.99. The molecule has 1 aliphatic rings. The van der Waals surface area contributed by atoms with Crippen LogP contribution < -0.4 is 5.19 Å². The van der Waals surface area contributed by atoms with Crippen molar-refractivity contribution in [2.45, 2.75) is 19.7 Å². The van der Waals surface area contributed by atoms with Gasteiger partial charge in [0.1, 0.15) is 14.7 Å². The van der Waals surface area contributed by atoms with Crippen molar-refractivity contribution in [3.05, 3.63) is 95.7 Å². The van der Waals surface area contributed by atoms with E-state index < -0.39 is 8.07 Å². The largest absolute Gasteiger partial charge is 0.457 e. The van der Waals surface area contributed by atoms with Crippen LogP contribution in [0.2, 0.25) is 13.1 Å². The summed E-state index contributed by atoms with van der Waals surface area (Å²) in [4.78, 5) is 12.4. The lowest BCUT2D eigenvalue weighted by molar-refractivity contribution is -0.138. The Morgan fingerprint density at radius 3 is 2.19 bits per heavy atom. The lowest BCUT2D eigenvalue weighted by Crippen LogP contribution is -2.40. The first-order valence-corrected chi connectivity index (χ1v) is 12.3. The smallest absolute Gasteiger partial charge is 0.338 e. The molecule has 1 aliphatic heterocycles. The molecule has 0 spiro atoms. The SMILES string of the molecule is C[Si](C)(/C=C1\C(=O)OCc2ccccc21)c1ccc(-c2ccccc2)cc1. The van der Waals surface area contributed by atoms with Crippen LogP contribution in [0.3, 0.4) is 0 Å². The van der Waals surface area contributed by atoms with E-state index in [1.54, 1.807) is 0 Å². The Morgan fingerprint density at radius 1 is 0.815 bits per heavy atom. The number of carbonyl (C=O) groups is 1. The maximum absolute atomic E-state index is 12.4. The van der Waals surface area contributed by atoms with Crippen molar-refractivity contribution in [1.29, 1.82) is 0 Å². The van der Waals surface area contributed by atoms with Crippen LogP contribution in [-0.2, 0) is 16.1 Å². The van der Waals surface area contributed by atoms with E-state index in [0.717, 1.165) is 11.1 Å². The number of hydrogen-bond acceptors (Lipinski definition) is 2. The molecule has 0 saturated heterocycles. The highest BCUT2D eigenvalue weighted by Crippen LogP contribution is 2.28. The van der Waals surface area contributed by atoms with Crippen LogP contribution in [-0.4, -0.2) is 14.0 Å². The van der Waals surface area contributed by atoms with Gasteiger partial charge >= 0.3 is 5.97 Å². The number of cyclic esters (lactones) is 1. The van der Waals surface area contributed by atoms with Gasteiger partial charge in [0.15, 0.2) is 0 Å². The predicted octanol–water partition coefficient (Wildman–Crippen LogP) is 4.95. The molecule has 3 aromatic carbocycles. The molecule has 0 N–H and O–H groups in total. The molecule has 2 nitrogen and oxygen atoms in total. The normalized spacial score (nSPS) is 15.3. The Morgan fingerprint density at radius 2 is 1.44 bits per heavy atom. The molecule has 134 valence electrons. The minimum Gasteiger partial charge on any atom is -0.457 e. The molecular weight excluding hydrogens is 348 g/mol. The summed E-state index contributed by atoms with van der Waals surface area (Å²) in [6.07, 6.45) is 0. The van der Waals surface area contributed by atoms with Gasteiger partial charge in [-0.1, -0.05) is 103 Å². The maximum Gasteiger partial charge on any atom is 0.338 e. The van der Waals surface area contributed by atoms with E-state index in [1.165, 1.54) is 16.3 Å². The number of fused-ring (bicyclic) bond motifs is 1. The number of rotatable bonds is 3. The zero-order chi connectivity index (χ0) is 18.9. The van der Waals surface area contributed by atoms with E-state index in [4.69, 9.17) is 4.74 Å². The standard InChI is InChI=1S/C24H22O2Si/c1-27(2,17-23-22-11-7-6-10-20(22)16-26-24(23)25)21-14-12-19(13-15-21)18-8-4-3-5-9-18/h3-15,17H,16H2,1-2H3/b23-17-. The van der Waals surface area contributed by atoms with Crippen LogP contribution in [0.4, 0.5) is 0 Å². The summed E-state index contributed by atoms with van der Waals surface area (Å²) in [5, 5.41) is 1.30. The molecule has 1 heterocycles. The molecule has 27 heavy (non-hydrogen) atoms. The van der Waals surface area contributed by atoms with E-state index in [9.17, 15) is 4.79 Å². The van der Waals surface area contributed by atoms with Gasteiger partial charge in [-0.2, -0.15) is 0 Å². The van der Waals surface area contributed by atoms with Gasteiger partial charge in [0.2, 0.25) is 0 Å². The van der Waals surface area contributed by atoms with Gasteiger partial charge in [0.25, 0.3) is 0 Å². The predicted molar refractivity (Wildman–Crippen MR) is 113 cm³/mol. The number of carbonyl (C=O) groups excluding carboxylic acids is 1. The average Bonchev–Trinajstić information content (AvgIpc) is 2.71. The van der Waals surface area contributed by atoms with Crippen molar-refractivity contribution in [3.8, 4) is 11.1 Å². The Labute approximate surface area is 161 Å². The summed E-state index contributed by atoms with van der Waals surface area (Å²) in [6.45, 7) is 4.89. The minimum atomic E-state index is -1.96. The van der Waals surface area contributed by atoms with Crippen LogP contribution in [0.5, 0.6) is 0 Å². The fourth-order valence-electron chi connectivity index (χ4n) is 3.54. The van der Waals surface area contributed by atoms with Crippen molar-refractivity contribution in [2.24, 2.45) is 0 Å². The molecule has 0 saturated carbocycles. The highest BCUT2D eigenvalue weighted by molar-refractivity contribution is 6.95. The van der Waals surface area contributed by atoms with E-state index >= 15 is 0 Å². The van der Waals surface area contributed by atoms with Crippen molar-refractivity contribution in [3.63, 3.8) is 0 Å². The van der Waals surface area contributed by atoms with E-state index in [-0.39, 0.29) is 5.97 Å². The molecule has 4 rings (SSSR count). The summed E-state index contributed by atoms with van der Waals surface area (Å²) in [5.41, 5.74) is 7.39. The second-order valence-corrected chi connectivity index (χ2v) is 11.8. The zero-order valence-electron chi connectivity index (χ0n) is 15.6.